The molecule has 1 aromatic rings. The van der Waals surface area contributed by atoms with E-state index < -0.39 is 0 Å². The summed E-state index contributed by atoms with van der Waals surface area (Å²) in [7, 11) is 0. The van der Waals surface area contributed by atoms with Crippen molar-refractivity contribution in [2.75, 3.05) is 13.1 Å². The number of nitrogens with one attached hydrogen (secondary N) is 1. The van der Waals surface area contributed by atoms with Crippen molar-refractivity contribution < 1.29 is 0 Å². The van der Waals surface area contributed by atoms with E-state index >= 15 is 0 Å². The lowest BCUT2D eigenvalue weighted by Crippen LogP contribution is -2.21. The molecular formula is C14H21N. The van der Waals surface area contributed by atoms with E-state index in [0.717, 1.165) is 19.0 Å². The molecule has 1 heteroatoms. The van der Waals surface area contributed by atoms with Gasteiger partial charge in [0.2, 0.25) is 0 Å². The quantitative estimate of drug-likeness (QED) is 0.744. The summed E-state index contributed by atoms with van der Waals surface area (Å²) in [4.78, 5) is 0. The first-order valence-corrected chi connectivity index (χ1v) is 6.20. The van der Waals surface area contributed by atoms with E-state index in [-0.39, 0.29) is 0 Å². The second kappa shape index (κ2) is 5.32. The highest BCUT2D eigenvalue weighted by atomic mass is 14.8. The first-order chi connectivity index (χ1) is 7.42. The Labute approximate surface area is 92.9 Å². The molecule has 0 amide bonds. The van der Waals surface area contributed by atoms with Crippen LogP contribution in [0, 0.1) is 0 Å². The molecule has 1 aliphatic rings. The fourth-order valence-electron chi connectivity index (χ4n) is 2.55. The minimum atomic E-state index is 0.739. The van der Waals surface area contributed by atoms with Crippen molar-refractivity contribution in [3.63, 3.8) is 0 Å². The molecule has 0 fully saturated rings. The predicted molar refractivity (Wildman–Crippen MR) is 65.3 cm³/mol. The molecule has 1 N–H and O–H groups in total. The first kappa shape index (κ1) is 10.7. The third kappa shape index (κ3) is 2.60. The Morgan fingerprint density at radius 2 is 2.13 bits per heavy atom. The van der Waals surface area contributed by atoms with Crippen LogP contribution in [0.5, 0.6) is 0 Å². The molecule has 0 bridgehead atoms. The van der Waals surface area contributed by atoms with Gasteiger partial charge in [-0.3, -0.25) is 0 Å². The van der Waals surface area contributed by atoms with Crippen LogP contribution >= 0.6 is 0 Å². The average molecular weight is 203 g/mol. The normalized spacial score (nSPS) is 20.7. The van der Waals surface area contributed by atoms with Gasteiger partial charge in [0.25, 0.3) is 0 Å². The van der Waals surface area contributed by atoms with E-state index in [1.807, 2.05) is 0 Å². The summed E-state index contributed by atoms with van der Waals surface area (Å²) in [5.74, 6) is 0.739. The van der Waals surface area contributed by atoms with E-state index in [1.165, 1.54) is 25.7 Å². The van der Waals surface area contributed by atoms with Gasteiger partial charge in [0.05, 0.1) is 0 Å². The Bertz CT molecular complexity index is 306. The molecule has 1 atom stereocenters. The van der Waals surface area contributed by atoms with E-state index in [9.17, 15) is 0 Å². The SMILES string of the molecule is CCNCC1CCCCc2ccccc21. The Hall–Kier alpha value is -0.820. The average Bonchev–Trinajstić information content (AvgIpc) is 2.49. The van der Waals surface area contributed by atoms with Gasteiger partial charge in [-0.15, -0.1) is 0 Å². The minimum absolute atomic E-state index is 0.739. The van der Waals surface area contributed by atoms with E-state index in [4.69, 9.17) is 0 Å². The molecule has 82 valence electrons. The van der Waals surface area contributed by atoms with Crippen LogP contribution in [0.4, 0.5) is 0 Å². The van der Waals surface area contributed by atoms with Gasteiger partial charge < -0.3 is 5.32 Å². The number of hydrogen-bond acceptors (Lipinski definition) is 1. The summed E-state index contributed by atoms with van der Waals surface area (Å²) in [5, 5.41) is 3.49. The zero-order valence-corrected chi connectivity index (χ0v) is 9.63. The van der Waals surface area contributed by atoms with E-state index in [2.05, 4.69) is 36.5 Å². The monoisotopic (exact) mass is 203 g/mol. The molecule has 0 saturated carbocycles. The summed E-state index contributed by atoms with van der Waals surface area (Å²) >= 11 is 0. The lowest BCUT2D eigenvalue weighted by Gasteiger charge is -2.17. The summed E-state index contributed by atoms with van der Waals surface area (Å²) in [5.41, 5.74) is 3.17. The maximum absolute atomic E-state index is 3.49. The number of benzene rings is 1. The molecule has 1 aromatic carbocycles. The molecule has 15 heavy (non-hydrogen) atoms. The molecule has 1 nitrogen and oxygen atoms in total. The molecular weight excluding hydrogens is 182 g/mol. The van der Waals surface area contributed by atoms with Crippen molar-refractivity contribution in [3.05, 3.63) is 35.4 Å². The van der Waals surface area contributed by atoms with Crippen LogP contribution in [-0.4, -0.2) is 13.1 Å². The van der Waals surface area contributed by atoms with Crippen LogP contribution in [0.25, 0.3) is 0 Å². The van der Waals surface area contributed by atoms with Crippen molar-refractivity contribution in [3.8, 4) is 0 Å². The Kier molecular flexibility index (Phi) is 3.79. The highest BCUT2D eigenvalue weighted by Gasteiger charge is 2.17. The zero-order valence-electron chi connectivity index (χ0n) is 9.63. The van der Waals surface area contributed by atoms with Crippen molar-refractivity contribution in [2.45, 2.75) is 38.5 Å². The largest absolute Gasteiger partial charge is 0.316 e. The molecule has 2 rings (SSSR count). The number of likely N-dealkylation sites (N-methyl/N-ethyl adjacent to an activating group) is 1. The molecule has 0 spiro atoms. The zero-order chi connectivity index (χ0) is 10.5. The molecule has 0 radical (unpaired) electrons. The van der Waals surface area contributed by atoms with Gasteiger partial charge in [-0.05, 0) is 42.9 Å². The number of hydrogen-bond donors (Lipinski definition) is 1. The summed E-state index contributed by atoms with van der Waals surface area (Å²) < 4.78 is 0. The maximum atomic E-state index is 3.49. The summed E-state index contributed by atoms with van der Waals surface area (Å²) in [6, 6.07) is 8.99. The Balaban J connectivity index is 2.17. The summed E-state index contributed by atoms with van der Waals surface area (Å²) in [6.45, 7) is 4.41. The topological polar surface area (TPSA) is 12.0 Å². The van der Waals surface area contributed by atoms with Crippen LogP contribution in [-0.2, 0) is 6.42 Å². The predicted octanol–water partition coefficient (Wildman–Crippen LogP) is 3.11. The van der Waals surface area contributed by atoms with E-state index in [1.54, 1.807) is 11.1 Å². The second-order valence-corrected chi connectivity index (χ2v) is 4.45. The van der Waals surface area contributed by atoms with Crippen LogP contribution in [0.15, 0.2) is 24.3 Å². The van der Waals surface area contributed by atoms with Crippen molar-refractivity contribution in [1.82, 2.24) is 5.32 Å². The molecule has 0 aliphatic heterocycles. The van der Waals surface area contributed by atoms with Gasteiger partial charge in [-0.1, -0.05) is 37.6 Å². The number of aryl methyl sites for hydroxylation is 1. The Morgan fingerprint density at radius 3 is 3.00 bits per heavy atom. The Morgan fingerprint density at radius 1 is 1.27 bits per heavy atom. The molecule has 1 unspecified atom stereocenters. The van der Waals surface area contributed by atoms with Crippen molar-refractivity contribution in [1.29, 1.82) is 0 Å². The van der Waals surface area contributed by atoms with Crippen molar-refractivity contribution in [2.24, 2.45) is 0 Å². The van der Waals surface area contributed by atoms with E-state index in [0.29, 0.717) is 0 Å². The van der Waals surface area contributed by atoms with Crippen molar-refractivity contribution >= 4 is 0 Å². The third-order valence-electron chi connectivity index (χ3n) is 3.38. The van der Waals surface area contributed by atoms with Gasteiger partial charge >= 0.3 is 0 Å². The van der Waals surface area contributed by atoms with Gasteiger partial charge in [-0.25, -0.2) is 0 Å². The fourth-order valence-corrected chi connectivity index (χ4v) is 2.55. The maximum Gasteiger partial charge on any atom is 0.00201 e. The molecule has 0 saturated heterocycles. The fraction of sp³-hybridized carbons (Fsp3) is 0.571. The smallest absolute Gasteiger partial charge is 0.00201 e. The van der Waals surface area contributed by atoms with Gasteiger partial charge in [0, 0.05) is 6.54 Å². The lowest BCUT2D eigenvalue weighted by atomic mass is 9.92. The van der Waals surface area contributed by atoms with Crippen LogP contribution in [0.2, 0.25) is 0 Å². The first-order valence-electron chi connectivity index (χ1n) is 6.20. The van der Waals surface area contributed by atoms with Crippen LogP contribution in [0.1, 0.15) is 43.2 Å². The van der Waals surface area contributed by atoms with Crippen LogP contribution < -0.4 is 5.32 Å². The summed E-state index contributed by atoms with van der Waals surface area (Å²) in [6.07, 6.45) is 5.37. The third-order valence-corrected chi connectivity index (χ3v) is 3.38. The van der Waals surface area contributed by atoms with Gasteiger partial charge in [-0.2, -0.15) is 0 Å². The second-order valence-electron chi connectivity index (χ2n) is 4.45. The van der Waals surface area contributed by atoms with Crippen LogP contribution in [0.3, 0.4) is 0 Å². The molecule has 1 aliphatic carbocycles. The lowest BCUT2D eigenvalue weighted by molar-refractivity contribution is 0.547. The van der Waals surface area contributed by atoms with Gasteiger partial charge in [0.15, 0.2) is 0 Å². The minimum Gasteiger partial charge on any atom is -0.316 e. The standard InChI is InChI=1S/C14H21N/c1-2-15-11-13-9-4-3-7-12-8-5-6-10-14(12)13/h5-6,8,10,13,15H,2-4,7,9,11H2,1H3. The number of fused-ring (bicyclic) bond motifs is 1. The molecule has 0 aromatic heterocycles. The number of rotatable bonds is 3. The molecule has 0 heterocycles. The highest BCUT2D eigenvalue weighted by Crippen LogP contribution is 2.29. The van der Waals surface area contributed by atoms with Gasteiger partial charge in [0.1, 0.15) is 0 Å². The highest BCUT2D eigenvalue weighted by molar-refractivity contribution is 5.31.